The van der Waals surface area contributed by atoms with Crippen LogP contribution in [0.3, 0.4) is 0 Å². The summed E-state index contributed by atoms with van der Waals surface area (Å²) >= 11 is 0. The van der Waals surface area contributed by atoms with E-state index in [2.05, 4.69) is 5.10 Å². The lowest BCUT2D eigenvalue weighted by Crippen LogP contribution is -2.35. The van der Waals surface area contributed by atoms with Gasteiger partial charge in [0.25, 0.3) is 6.43 Å². The molecule has 3 rings (SSSR count). The molecule has 7 heteroatoms. The van der Waals surface area contributed by atoms with Crippen molar-refractivity contribution in [3.05, 3.63) is 35.7 Å². The molecule has 2 heterocycles. The fourth-order valence-corrected chi connectivity index (χ4v) is 2.94. The van der Waals surface area contributed by atoms with Crippen LogP contribution in [-0.4, -0.2) is 28.0 Å². The van der Waals surface area contributed by atoms with Crippen molar-refractivity contribution in [1.82, 2.24) is 9.78 Å². The molecule has 0 radical (unpaired) electrons. The maximum absolute atomic E-state index is 13.2. The Bertz CT molecular complexity index is 809. The Kier molecular flexibility index (Phi) is 4.26. The van der Waals surface area contributed by atoms with Crippen molar-refractivity contribution in [3.8, 4) is 11.1 Å². The van der Waals surface area contributed by atoms with Crippen LogP contribution in [0.2, 0.25) is 0 Å². The number of halogens is 2. The third-order valence-electron chi connectivity index (χ3n) is 3.97. The number of carbonyl (C=O) groups is 1. The molecule has 1 aliphatic heterocycles. The average Bonchev–Trinajstić information content (AvgIpc) is 3.08. The van der Waals surface area contributed by atoms with Gasteiger partial charge >= 0.3 is 6.09 Å². The van der Waals surface area contributed by atoms with Crippen LogP contribution < -0.4 is 4.90 Å². The topological polar surface area (TPSA) is 47.4 Å². The molecular weight excluding hydrogens is 328 g/mol. The van der Waals surface area contributed by atoms with Crippen LogP contribution in [0.25, 0.3) is 11.1 Å². The molecule has 1 aliphatic rings. The Morgan fingerprint density at radius 1 is 1.32 bits per heavy atom. The Morgan fingerprint density at radius 3 is 2.68 bits per heavy atom. The summed E-state index contributed by atoms with van der Waals surface area (Å²) < 4.78 is 33.3. The second-order valence-electron chi connectivity index (χ2n) is 7.13. The van der Waals surface area contributed by atoms with E-state index in [-0.39, 0.29) is 5.69 Å². The van der Waals surface area contributed by atoms with E-state index >= 15 is 0 Å². The number of fused-ring (bicyclic) bond motifs is 1. The van der Waals surface area contributed by atoms with Gasteiger partial charge in [0.05, 0.1) is 5.69 Å². The third kappa shape index (κ3) is 3.50. The van der Waals surface area contributed by atoms with Crippen molar-refractivity contribution in [2.45, 2.75) is 39.2 Å². The molecule has 0 spiro atoms. The zero-order valence-electron chi connectivity index (χ0n) is 14.7. The summed E-state index contributed by atoms with van der Waals surface area (Å²) in [5.41, 5.74) is 1.83. The van der Waals surface area contributed by atoms with Gasteiger partial charge in [0.1, 0.15) is 11.3 Å². The van der Waals surface area contributed by atoms with E-state index in [4.69, 9.17) is 4.74 Å². The fourth-order valence-electron chi connectivity index (χ4n) is 2.94. The van der Waals surface area contributed by atoms with Crippen LogP contribution in [0, 0.1) is 0 Å². The number of amides is 1. The first kappa shape index (κ1) is 17.4. The average molecular weight is 349 g/mol. The number of hydrogen-bond acceptors (Lipinski definition) is 3. The molecule has 25 heavy (non-hydrogen) atoms. The lowest BCUT2D eigenvalue weighted by molar-refractivity contribution is 0.0584. The first-order valence-electron chi connectivity index (χ1n) is 8.11. The summed E-state index contributed by atoms with van der Waals surface area (Å²) in [6, 6.07) is 5.42. The lowest BCUT2D eigenvalue weighted by atomic mass is 10.0. The van der Waals surface area contributed by atoms with Gasteiger partial charge in [-0.3, -0.25) is 9.58 Å². The largest absolute Gasteiger partial charge is 0.443 e. The van der Waals surface area contributed by atoms with Crippen molar-refractivity contribution < 1.29 is 18.3 Å². The number of anilines is 1. The molecule has 0 saturated heterocycles. The standard InChI is InChI=1S/C18H21F2N3O2/c1-18(2,3)25-17(24)23-8-7-11-5-6-12(9-14(11)23)13-10-22(4)21-15(13)16(19)20/h5-6,9-10,16H,7-8H2,1-4H3. The quantitative estimate of drug-likeness (QED) is 0.811. The van der Waals surface area contributed by atoms with Crippen LogP contribution in [0.1, 0.15) is 38.5 Å². The fraction of sp³-hybridized carbons (Fsp3) is 0.444. The molecule has 0 N–H and O–H groups in total. The summed E-state index contributed by atoms with van der Waals surface area (Å²) in [6.45, 7) is 5.94. The number of aromatic nitrogens is 2. The molecule has 1 amide bonds. The van der Waals surface area contributed by atoms with Crippen molar-refractivity contribution in [2.75, 3.05) is 11.4 Å². The predicted molar refractivity (Wildman–Crippen MR) is 90.9 cm³/mol. The van der Waals surface area contributed by atoms with Gasteiger partial charge in [0.15, 0.2) is 0 Å². The zero-order valence-corrected chi connectivity index (χ0v) is 14.7. The second kappa shape index (κ2) is 6.13. The van der Waals surface area contributed by atoms with Crippen LogP contribution in [0.15, 0.2) is 24.4 Å². The van der Waals surface area contributed by atoms with Gasteiger partial charge in [-0.1, -0.05) is 12.1 Å². The first-order valence-corrected chi connectivity index (χ1v) is 8.11. The lowest BCUT2D eigenvalue weighted by Gasteiger charge is -2.25. The molecule has 1 aromatic carbocycles. The van der Waals surface area contributed by atoms with E-state index in [0.717, 1.165) is 5.56 Å². The number of rotatable bonds is 2. The van der Waals surface area contributed by atoms with E-state index in [1.807, 2.05) is 26.8 Å². The third-order valence-corrected chi connectivity index (χ3v) is 3.97. The van der Waals surface area contributed by atoms with Gasteiger partial charge in [-0.15, -0.1) is 0 Å². The summed E-state index contributed by atoms with van der Waals surface area (Å²) in [5.74, 6) is 0. The minimum Gasteiger partial charge on any atom is -0.443 e. The second-order valence-corrected chi connectivity index (χ2v) is 7.13. The van der Waals surface area contributed by atoms with Crippen LogP contribution in [0.4, 0.5) is 19.3 Å². The summed E-state index contributed by atoms with van der Waals surface area (Å²) in [4.78, 5) is 14.0. The molecule has 134 valence electrons. The minimum atomic E-state index is -2.66. The number of benzene rings is 1. The van der Waals surface area contributed by atoms with E-state index in [9.17, 15) is 13.6 Å². The maximum atomic E-state index is 13.2. The van der Waals surface area contributed by atoms with Crippen molar-refractivity contribution in [1.29, 1.82) is 0 Å². The molecule has 0 atom stereocenters. The minimum absolute atomic E-state index is 0.260. The normalized spacial score (nSPS) is 14.1. The smallest absolute Gasteiger partial charge is 0.414 e. The highest BCUT2D eigenvalue weighted by Gasteiger charge is 2.30. The molecule has 0 saturated carbocycles. The molecule has 2 aromatic rings. The zero-order chi connectivity index (χ0) is 18.4. The Labute approximate surface area is 145 Å². The van der Waals surface area contributed by atoms with Gasteiger partial charge in [0, 0.05) is 25.4 Å². The van der Waals surface area contributed by atoms with Crippen molar-refractivity contribution >= 4 is 11.8 Å². The molecule has 5 nitrogen and oxygen atoms in total. The monoisotopic (exact) mass is 349 g/mol. The molecule has 0 unspecified atom stereocenters. The summed E-state index contributed by atoms with van der Waals surface area (Å²) in [5, 5.41) is 3.84. The van der Waals surface area contributed by atoms with Gasteiger partial charge in [-0.2, -0.15) is 5.10 Å². The number of carbonyl (C=O) groups excluding carboxylic acids is 1. The van der Waals surface area contributed by atoms with E-state index < -0.39 is 18.1 Å². The predicted octanol–water partition coefficient (Wildman–Crippen LogP) is 4.32. The first-order chi connectivity index (χ1) is 11.7. The van der Waals surface area contributed by atoms with Crippen LogP contribution in [0.5, 0.6) is 0 Å². The SMILES string of the molecule is Cn1cc(-c2ccc3c(c2)N(C(=O)OC(C)(C)C)CC3)c(C(F)F)n1. The molecule has 0 aliphatic carbocycles. The van der Waals surface area contributed by atoms with Crippen LogP contribution in [-0.2, 0) is 18.2 Å². The maximum Gasteiger partial charge on any atom is 0.414 e. The Balaban J connectivity index is 1.97. The van der Waals surface area contributed by atoms with Crippen molar-refractivity contribution in [2.24, 2.45) is 7.05 Å². The van der Waals surface area contributed by atoms with Crippen LogP contribution >= 0.6 is 0 Å². The van der Waals surface area contributed by atoms with Gasteiger partial charge in [-0.05, 0) is 44.4 Å². The summed E-state index contributed by atoms with van der Waals surface area (Å²) in [6.07, 6.45) is -0.811. The van der Waals surface area contributed by atoms with Gasteiger partial charge in [0.2, 0.25) is 0 Å². The number of ether oxygens (including phenoxy) is 1. The Morgan fingerprint density at radius 2 is 2.04 bits per heavy atom. The highest BCUT2D eigenvalue weighted by Crippen LogP contribution is 2.36. The van der Waals surface area contributed by atoms with Gasteiger partial charge in [-0.25, -0.2) is 13.6 Å². The van der Waals surface area contributed by atoms with E-state index in [1.165, 1.54) is 4.68 Å². The number of nitrogens with zero attached hydrogens (tertiary/aromatic N) is 3. The molecule has 0 fully saturated rings. The number of aryl methyl sites for hydroxylation is 1. The highest BCUT2D eigenvalue weighted by atomic mass is 19.3. The molecular formula is C18H21F2N3O2. The molecule has 1 aromatic heterocycles. The van der Waals surface area contributed by atoms with E-state index in [0.29, 0.717) is 29.8 Å². The van der Waals surface area contributed by atoms with E-state index in [1.54, 1.807) is 30.3 Å². The number of alkyl halides is 2. The highest BCUT2D eigenvalue weighted by molar-refractivity contribution is 5.92. The number of hydrogen-bond donors (Lipinski definition) is 0. The molecule has 0 bridgehead atoms. The van der Waals surface area contributed by atoms with Gasteiger partial charge < -0.3 is 4.74 Å². The Hall–Kier alpha value is -2.44. The van der Waals surface area contributed by atoms with Crippen molar-refractivity contribution in [3.63, 3.8) is 0 Å². The summed E-state index contributed by atoms with van der Waals surface area (Å²) in [7, 11) is 1.61.